The van der Waals surface area contributed by atoms with Gasteiger partial charge < -0.3 is 9.31 Å². The largest absolute Gasteiger partial charge is 0.453 e. The van der Waals surface area contributed by atoms with Crippen LogP contribution in [0, 0.1) is 0 Å². The summed E-state index contributed by atoms with van der Waals surface area (Å²) < 4.78 is 9.74. The van der Waals surface area contributed by atoms with Crippen molar-refractivity contribution in [3.05, 3.63) is 0 Å². The van der Waals surface area contributed by atoms with E-state index >= 15 is 0 Å². The van der Waals surface area contributed by atoms with E-state index < -0.39 is 0 Å². The molecule has 0 bridgehead atoms. The summed E-state index contributed by atoms with van der Waals surface area (Å²) in [6, 6.07) is 0. The van der Waals surface area contributed by atoms with Gasteiger partial charge in [0, 0.05) is 13.7 Å². The van der Waals surface area contributed by atoms with Crippen molar-refractivity contribution in [2.45, 2.75) is 13.7 Å². The van der Waals surface area contributed by atoms with E-state index in [4.69, 9.17) is 9.31 Å². The maximum Gasteiger partial charge on any atom is 0.453 e. The molecule has 0 aliphatic heterocycles. The van der Waals surface area contributed by atoms with Crippen molar-refractivity contribution < 1.29 is 9.31 Å². The van der Waals surface area contributed by atoms with Crippen molar-refractivity contribution in [2.24, 2.45) is 0 Å². The fourth-order valence-corrected chi connectivity index (χ4v) is 0.303. The number of hydrogen-bond acceptors (Lipinski definition) is 2. The summed E-state index contributed by atoms with van der Waals surface area (Å²) in [5, 5.41) is 0. The molecule has 0 unspecified atom stereocenters. The van der Waals surface area contributed by atoms with Crippen molar-refractivity contribution >= 4 is 7.12 Å². The summed E-state index contributed by atoms with van der Waals surface area (Å²) in [5.41, 5.74) is 0. The first-order valence-corrected chi connectivity index (χ1v) is 2.45. The van der Waals surface area contributed by atoms with E-state index in [1.165, 1.54) is 0 Å². The van der Waals surface area contributed by atoms with Gasteiger partial charge in [-0.3, -0.25) is 0 Å². The Morgan fingerprint density at radius 1 is 1.57 bits per heavy atom. The molecule has 0 fully saturated rings. The summed E-state index contributed by atoms with van der Waals surface area (Å²) in [6.45, 7) is 4.52. The molecule has 2 nitrogen and oxygen atoms in total. The van der Waals surface area contributed by atoms with Crippen LogP contribution in [0.25, 0.3) is 0 Å². The minimum Gasteiger partial charge on any atom is -0.414 e. The summed E-state index contributed by atoms with van der Waals surface area (Å²) >= 11 is 0. The second-order valence-corrected chi connectivity index (χ2v) is 1.26. The summed E-state index contributed by atoms with van der Waals surface area (Å²) in [7, 11) is 1.57. The molecule has 0 aromatic carbocycles. The molecular weight excluding hydrogens is 90.9 g/mol. The van der Waals surface area contributed by atoms with E-state index in [2.05, 4.69) is 0 Å². The van der Waals surface area contributed by atoms with Gasteiger partial charge in [-0.15, -0.1) is 0 Å². The molecule has 0 aromatic heterocycles. The average Bonchev–Trinajstić information content (AvgIpc) is 1.68. The molecule has 0 heterocycles. The zero-order valence-electron chi connectivity index (χ0n) is 5.10. The Hall–Kier alpha value is -0.0151. The Labute approximate surface area is 45.0 Å². The summed E-state index contributed by atoms with van der Waals surface area (Å²) in [5.74, 6) is 0. The SMILES string of the molecule is CCOB(C)OC. The van der Waals surface area contributed by atoms with Crippen molar-refractivity contribution in [3.8, 4) is 0 Å². The Kier molecular flexibility index (Phi) is 4.14. The number of hydrogen-bond donors (Lipinski definition) is 0. The molecule has 0 amide bonds. The van der Waals surface area contributed by atoms with E-state index in [-0.39, 0.29) is 7.12 Å². The van der Waals surface area contributed by atoms with Crippen LogP contribution >= 0.6 is 0 Å². The molecule has 0 N–H and O–H groups in total. The second-order valence-electron chi connectivity index (χ2n) is 1.26. The lowest BCUT2D eigenvalue weighted by Gasteiger charge is -2.01. The van der Waals surface area contributed by atoms with Crippen LogP contribution in [0.1, 0.15) is 6.92 Å². The maximum atomic E-state index is 4.97. The topological polar surface area (TPSA) is 18.5 Å². The van der Waals surface area contributed by atoms with E-state index in [1.807, 2.05) is 13.7 Å². The third kappa shape index (κ3) is 3.82. The highest BCUT2D eigenvalue weighted by Gasteiger charge is 2.02. The predicted molar refractivity (Wildman–Crippen MR) is 30.3 cm³/mol. The lowest BCUT2D eigenvalue weighted by Crippen LogP contribution is -2.15. The van der Waals surface area contributed by atoms with Crippen molar-refractivity contribution in [1.82, 2.24) is 0 Å². The molecule has 0 aliphatic rings. The molecule has 0 aliphatic carbocycles. The van der Waals surface area contributed by atoms with Gasteiger partial charge in [0.25, 0.3) is 0 Å². The van der Waals surface area contributed by atoms with Gasteiger partial charge in [0.05, 0.1) is 0 Å². The van der Waals surface area contributed by atoms with Crippen molar-refractivity contribution in [3.63, 3.8) is 0 Å². The van der Waals surface area contributed by atoms with Crippen LogP contribution in [0.15, 0.2) is 0 Å². The lowest BCUT2D eigenvalue weighted by atomic mass is 9.96. The van der Waals surface area contributed by atoms with Crippen LogP contribution < -0.4 is 0 Å². The second kappa shape index (κ2) is 4.15. The maximum absolute atomic E-state index is 4.97. The molecule has 0 atom stereocenters. The normalized spacial score (nSPS) is 9.00. The molecule has 0 aromatic rings. The molecule has 7 heavy (non-hydrogen) atoms. The minimum absolute atomic E-state index is 0.0509. The molecule has 3 heteroatoms. The fourth-order valence-electron chi connectivity index (χ4n) is 0.303. The van der Waals surface area contributed by atoms with Gasteiger partial charge >= 0.3 is 7.12 Å². The summed E-state index contributed by atoms with van der Waals surface area (Å²) in [6.07, 6.45) is 0. The third-order valence-electron chi connectivity index (χ3n) is 0.733. The highest BCUT2D eigenvalue weighted by Crippen LogP contribution is 1.82. The van der Waals surface area contributed by atoms with Crippen LogP contribution in [0.4, 0.5) is 0 Å². The third-order valence-corrected chi connectivity index (χ3v) is 0.733. The van der Waals surface area contributed by atoms with Crippen LogP contribution in [0.3, 0.4) is 0 Å². The Balaban J connectivity index is 2.83. The van der Waals surface area contributed by atoms with Crippen LogP contribution in [-0.4, -0.2) is 20.8 Å². The fraction of sp³-hybridized carbons (Fsp3) is 1.00. The first kappa shape index (κ1) is 6.98. The average molecular weight is 102 g/mol. The molecule has 0 radical (unpaired) electrons. The van der Waals surface area contributed by atoms with E-state index in [9.17, 15) is 0 Å². The molecule has 0 spiro atoms. The zero-order chi connectivity index (χ0) is 5.70. The zero-order valence-corrected chi connectivity index (χ0v) is 5.10. The standard InChI is InChI=1S/C4H11BO2/c1-4-7-5(2)6-3/h4H2,1-3H3. The van der Waals surface area contributed by atoms with E-state index in [1.54, 1.807) is 7.11 Å². The minimum atomic E-state index is -0.0509. The van der Waals surface area contributed by atoms with Crippen LogP contribution in [0.5, 0.6) is 0 Å². The Bertz CT molecular complexity index is 40.7. The number of rotatable bonds is 3. The van der Waals surface area contributed by atoms with Gasteiger partial charge in [0.15, 0.2) is 0 Å². The quantitative estimate of drug-likeness (QED) is 0.490. The first-order chi connectivity index (χ1) is 3.31. The van der Waals surface area contributed by atoms with E-state index in [0.717, 1.165) is 6.61 Å². The van der Waals surface area contributed by atoms with Crippen LogP contribution in [0.2, 0.25) is 6.82 Å². The lowest BCUT2D eigenvalue weighted by molar-refractivity contribution is 0.247. The van der Waals surface area contributed by atoms with Crippen LogP contribution in [-0.2, 0) is 9.31 Å². The van der Waals surface area contributed by atoms with Gasteiger partial charge in [-0.1, -0.05) is 0 Å². The Morgan fingerprint density at radius 2 is 2.14 bits per heavy atom. The first-order valence-electron chi connectivity index (χ1n) is 2.45. The van der Waals surface area contributed by atoms with Gasteiger partial charge in [-0.25, -0.2) is 0 Å². The summed E-state index contributed by atoms with van der Waals surface area (Å²) in [4.78, 5) is 0. The van der Waals surface area contributed by atoms with Gasteiger partial charge in [0.1, 0.15) is 0 Å². The Morgan fingerprint density at radius 3 is 2.29 bits per heavy atom. The highest BCUT2D eigenvalue weighted by atomic mass is 16.6. The van der Waals surface area contributed by atoms with Gasteiger partial charge in [-0.05, 0) is 13.7 Å². The smallest absolute Gasteiger partial charge is 0.414 e. The molecule has 0 rings (SSSR count). The monoisotopic (exact) mass is 102 g/mol. The van der Waals surface area contributed by atoms with Crippen molar-refractivity contribution in [2.75, 3.05) is 13.7 Å². The molecule has 0 saturated carbocycles. The predicted octanol–water partition coefficient (Wildman–Crippen LogP) is 0.787. The molecule has 0 saturated heterocycles. The molecule has 42 valence electrons. The van der Waals surface area contributed by atoms with Gasteiger partial charge in [-0.2, -0.15) is 0 Å². The molecular formula is C4H11BO2. The van der Waals surface area contributed by atoms with E-state index in [0.29, 0.717) is 0 Å². The highest BCUT2D eigenvalue weighted by molar-refractivity contribution is 6.42. The van der Waals surface area contributed by atoms with Gasteiger partial charge in [0.2, 0.25) is 0 Å². The van der Waals surface area contributed by atoms with Crippen molar-refractivity contribution in [1.29, 1.82) is 0 Å².